The molecule has 0 saturated heterocycles. The van der Waals surface area contributed by atoms with Crippen LogP contribution in [-0.2, 0) is 10.2 Å². The zero-order chi connectivity index (χ0) is 12.8. The second-order valence-electron chi connectivity index (χ2n) is 3.50. The summed E-state index contributed by atoms with van der Waals surface area (Å²) in [6.45, 7) is 7.44. The quantitative estimate of drug-likeness (QED) is 0.855. The number of halogens is 1. The summed E-state index contributed by atoms with van der Waals surface area (Å²) in [4.78, 5) is 11.0. The first-order valence-corrected chi connectivity index (χ1v) is 5.50. The highest BCUT2D eigenvalue weighted by Gasteiger charge is 2.32. The molecular weight excluding hydrogens is 207 g/mol. The fraction of sp³-hybridized carbons (Fsp3) is 0.462. The van der Waals surface area contributed by atoms with E-state index in [1.54, 1.807) is 13.8 Å². The Kier molecular flexibility index (Phi) is 5.72. The first-order chi connectivity index (χ1) is 7.50. The first-order valence-electron chi connectivity index (χ1n) is 5.50. The van der Waals surface area contributed by atoms with E-state index >= 15 is 0 Å². The van der Waals surface area contributed by atoms with Crippen molar-refractivity contribution in [3.05, 3.63) is 35.6 Å². The average molecular weight is 226 g/mol. The lowest BCUT2D eigenvalue weighted by Crippen LogP contribution is -2.31. The van der Waals surface area contributed by atoms with Gasteiger partial charge in [0.15, 0.2) is 0 Å². The number of carboxylic acid groups (broad SMARTS) is 1. The van der Waals surface area contributed by atoms with Crippen LogP contribution in [0.5, 0.6) is 0 Å². The Morgan fingerprint density at radius 3 is 2.06 bits per heavy atom. The van der Waals surface area contributed by atoms with Crippen molar-refractivity contribution in [3.8, 4) is 0 Å². The van der Waals surface area contributed by atoms with Crippen molar-refractivity contribution >= 4 is 5.97 Å². The van der Waals surface area contributed by atoms with E-state index in [9.17, 15) is 9.18 Å². The van der Waals surface area contributed by atoms with Crippen molar-refractivity contribution < 1.29 is 14.3 Å². The summed E-state index contributed by atoms with van der Waals surface area (Å²) in [5.41, 5.74) is -0.290. The van der Waals surface area contributed by atoms with Gasteiger partial charge in [-0.2, -0.15) is 0 Å². The molecule has 1 aromatic carbocycles. The molecule has 1 unspecified atom stereocenters. The van der Waals surface area contributed by atoms with Gasteiger partial charge in [-0.05, 0) is 31.0 Å². The molecule has 0 radical (unpaired) electrons. The summed E-state index contributed by atoms with van der Waals surface area (Å²) in [5.74, 6) is -1.23. The van der Waals surface area contributed by atoms with Crippen LogP contribution in [0.2, 0.25) is 0 Å². The second kappa shape index (κ2) is 6.26. The zero-order valence-corrected chi connectivity index (χ0v) is 10.2. The normalized spacial score (nSPS) is 13.3. The molecule has 0 aromatic heterocycles. The molecule has 0 fully saturated rings. The fourth-order valence-corrected chi connectivity index (χ4v) is 1.30. The number of aliphatic carboxylic acids is 1. The standard InChI is InChI=1S/C11H13FO2.C2H6/c1-3-11(2,10(13)14)8-4-6-9(12)7-5-8;1-2/h4-7H,3H2,1-2H3,(H,13,14);1-2H3. The Bertz CT molecular complexity index is 332. The molecule has 1 N–H and O–H groups in total. The average Bonchev–Trinajstić information content (AvgIpc) is 2.31. The van der Waals surface area contributed by atoms with Gasteiger partial charge >= 0.3 is 5.97 Å². The van der Waals surface area contributed by atoms with E-state index in [2.05, 4.69) is 0 Å². The van der Waals surface area contributed by atoms with Gasteiger partial charge in [0.2, 0.25) is 0 Å². The van der Waals surface area contributed by atoms with Crippen molar-refractivity contribution in [1.82, 2.24) is 0 Å². The molecule has 0 spiro atoms. The molecule has 0 heterocycles. The van der Waals surface area contributed by atoms with E-state index < -0.39 is 11.4 Å². The van der Waals surface area contributed by atoms with E-state index in [0.717, 1.165) is 0 Å². The van der Waals surface area contributed by atoms with Crippen molar-refractivity contribution in [2.45, 2.75) is 39.5 Å². The third-order valence-electron chi connectivity index (χ3n) is 2.66. The molecule has 90 valence electrons. The van der Waals surface area contributed by atoms with E-state index in [1.807, 2.05) is 13.8 Å². The summed E-state index contributed by atoms with van der Waals surface area (Å²) in [6, 6.07) is 5.61. The van der Waals surface area contributed by atoms with Crippen molar-refractivity contribution in [3.63, 3.8) is 0 Å². The molecule has 0 aliphatic carbocycles. The molecule has 2 nitrogen and oxygen atoms in total. The topological polar surface area (TPSA) is 37.3 Å². The molecule has 3 heteroatoms. The molecule has 1 atom stereocenters. The molecular formula is C13H19FO2. The minimum Gasteiger partial charge on any atom is -0.481 e. The van der Waals surface area contributed by atoms with Crippen LogP contribution < -0.4 is 0 Å². The zero-order valence-electron chi connectivity index (χ0n) is 10.2. The molecule has 16 heavy (non-hydrogen) atoms. The summed E-state index contributed by atoms with van der Waals surface area (Å²) < 4.78 is 12.6. The predicted molar refractivity (Wildman–Crippen MR) is 63.0 cm³/mol. The molecule has 0 aliphatic heterocycles. The molecule has 0 saturated carbocycles. The first kappa shape index (κ1) is 14.6. The van der Waals surface area contributed by atoms with Gasteiger partial charge in [0, 0.05) is 0 Å². The van der Waals surface area contributed by atoms with Crippen LogP contribution >= 0.6 is 0 Å². The van der Waals surface area contributed by atoms with Crippen LogP contribution in [-0.4, -0.2) is 11.1 Å². The van der Waals surface area contributed by atoms with Gasteiger partial charge in [0.05, 0.1) is 5.41 Å². The largest absolute Gasteiger partial charge is 0.481 e. The number of benzene rings is 1. The molecule has 0 bridgehead atoms. The van der Waals surface area contributed by atoms with Crippen LogP contribution in [0, 0.1) is 5.82 Å². The lowest BCUT2D eigenvalue weighted by Gasteiger charge is -2.23. The maximum atomic E-state index is 12.6. The predicted octanol–water partition coefficient (Wildman–Crippen LogP) is 3.60. The molecule has 1 rings (SSSR count). The van der Waals surface area contributed by atoms with Gasteiger partial charge in [-0.15, -0.1) is 0 Å². The van der Waals surface area contributed by atoms with Gasteiger partial charge < -0.3 is 5.11 Å². The third-order valence-corrected chi connectivity index (χ3v) is 2.66. The van der Waals surface area contributed by atoms with Crippen LogP contribution in [0.25, 0.3) is 0 Å². The molecule has 1 aromatic rings. The smallest absolute Gasteiger partial charge is 0.313 e. The SMILES string of the molecule is CC.CCC(C)(C(=O)O)c1ccc(F)cc1. The van der Waals surface area contributed by atoms with Crippen molar-refractivity contribution in [2.75, 3.05) is 0 Å². The van der Waals surface area contributed by atoms with Crippen LogP contribution in [0.4, 0.5) is 4.39 Å². The van der Waals surface area contributed by atoms with Gasteiger partial charge in [-0.25, -0.2) is 4.39 Å². The summed E-state index contributed by atoms with van der Waals surface area (Å²) in [6.07, 6.45) is 0.480. The highest BCUT2D eigenvalue weighted by Crippen LogP contribution is 2.27. The van der Waals surface area contributed by atoms with Crippen molar-refractivity contribution in [2.24, 2.45) is 0 Å². The number of hydrogen-bond acceptors (Lipinski definition) is 1. The summed E-state index contributed by atoms with van der Waals surface area (Å²) in [7, 11) is 0. The monoisotopic (exact) mass is 226 g/mol. The van der Waals surface area contributed by atoms with Crippen LogP contribution in [0.1, 0.15) is 39.7 Å². The Morgan fingerprint density at radius 1 is 1.31 bits per heavy atom. The minimum atomic E-state index is -0.923. The highest BCUT2D eigenvalue weighted by atomic mass is 19.1. The number of hydrogen-bond donors (Lipinski definition) is 1. The fourth-order valence-electron chi connectivity index (χ4n) is 1.30. The Labute approximate surface area is 96.1 Å². The van der Waals surface area contributed by atoms with Crippen molar-refractivity contribution in [1.29, 1.82) is 0 Å². The lowest BCUT2D eigenvalue weighted by molar-refractivity contribution is -0.143. The van der Waals surface area contributed by atoms with E-state index in [0.29, 0.717) is 12.0 Å². The maximum Gasteiger partial charge on any atom is 0.313 e. The Hall–Kier alpha value is -1.38. The number of carboxylic acids is 1. The van der Waals surface area contributed by atoms with E-state index in [-0.39, 0.29) is 5.82 Å². The van der Waals surface area contributed by atoms with Crippen LogP contribution in [0.15, 0.2) is 24.3 Å². The lowest BCUT2D eigenvalue weighted by atomic mass is 9.80. The third kappa shape index (κ3) is 3.05. The molecule has 0 aliphatic rings. The van der Waals surface area contributed by atoms with E-state index in [4.69, 9.17) is 5.11 Å². The van der Waals surface area contributed by atoms with Gasteiger partial charge in [-0.3, -0.25) is 4.79 Å². The summed E-state index contributed by atoms with van der Waals surface area (Å²) >= 11 is 0. The van der Waals surface area contributed by atoms with Gasteiger partial charge in [0.25, 0.3) is 0 Å². The molecule has 0 amide bonds. The Morgan fingerprint density at radius 2 is 1.75 bits per heavy atom. The van der Waals surface area contributed by atoms with Crippen LogP contribution in [0.3, 0.4) is 0 Å². The Balaban J connectivity index is 0.00000106. The van der Waals surface area contributed by atoms with E-state index in [1.165, 1.54) is 24.3 Å². The highest BCUT2D eigenvalue weighted by molar-refractivity contribution is 5.80. The summed E-state index contributed by atoms with van der Waals surface area (Å²) in [5, 5.41) is 9.06. The van der Waals surface area contributed by atoms with Gasteiger partial charge in [0.1, 0.15) is 5.82 Å². The number of rotatable bonds is 3. The minimum absolute atomic E-state index is 0.349. The number of carbonyl (C=O) groups is 1. The maximum absolute atomic E-state index is 12.6. The second-order valence-corrected chi connectivity index (χ2v) is 3.50. The van der Waals surface area contributed by atoms with Gasteiger partial charge in [-0.1, -0.05) is 32.9 Å².